The maximum atomic E-state index is 11.8. The van der Waals surface area contributed by atoms with Crippen LogP contribution < -0.4 is 16.0 Å². The zero-order valence-electron chi connectivity index (χ0n) is 23.9. The highest BCUT2D eigenvalue weighted by Crippen LogP contribution is 2.38. The van der Waals surface area contributed by atoms with Gasteiger partial charge in [-0.2, -0.15) is 0 Å². The van der Waals surface area contributed by atoms with Gasteiger partial charge in [0.05, 0.1) is 24.2 Å². The highest BCUT2D eigenvalue weighted by Gasteiger charge is 2.43. The molecule has 3 heterocycles. The molecule has 220 valence electrons. The van der Waals surface area contributed by atoms with E-state index in [0.717, 1.165) is 70.8 Å². The molecule has 0 aromatic carbocycles. The Morgan fingerprint density at radius 2 is 1.92 bits per heavy atom. The molecule has 39 heavy (non-hydrogen) atoms. The molecular formula is C31H51N3O5. The van der Waals surface area contributed by atoms with Crippen molar-refractivity contribution < 1.29 is 25.2 Å². The Balaban J connectivity index is 1.46. The Morgan fingerprint density at radius 1 is 1.13 bits per heavy atom. The molecule has 0 aromatic rings. The largest absolute Gasteiger partial charge is 0.481 e. The van der Waals surface area contributed by atoms with E-state index in [1.165, 1.54) is 0 Å². The number of aliphatic hydroxyl groups excluding tert-OH is 2. The zero-order valence-corrected chi connectivity index (χ0v) is 23.9. The molecule has 3 aliphatic heterocycles. The number of β-amino-alcohol motifs (C(OH)–C–C–N with tert-alkyl or cyclic N) is 1. The maximum absolute atomic E-state index is 11.8. The molecule has 0 spiro atoms. The molecule has 0 radical (unpaired) electrons. The summed E-state index contributed by atoms with van der Waals surface area (Å²) in [6.45, 7) is 5.28. The third kappa shape index (κ3) is 8.51. The molecule has 2 saturated heterocycles. The molecule has 7 N–H and O–H groups in total. The molecule has 1 aliphatic carbocycles. The SMILES string of the molecule is C[C@@H]1N[C@H](CCCC[C@@H]2C#CC[C@@H]3C[C@@](C)(CCN3)NC[C@](O)(CC(=O)O)[C@H]3C=C[C@H](O)[C@@H](C2)C3)CC[C@H]1O. The van der Waals surface area contributed by atoms with Crippen LogP contribution in [0.1, 0.15) is 90.9 Å². The number of rotatable bonds is 7. The van der Waals surface area contributed by atoms with Crippen molar-refractivity contribution in [1.82, 2.24) is 16.0 Å². The van der Waals surface area contributed by atoms with Crippen LogP contribution >= 0.6 is 0 Å². The Bertz CT molecular complexity index is 918. The Kier molecular flexibility index (Phi) is 10.5. The lowest BCUT2D eigenvalue weighted by Gasteiger charge is -2.44. The topological polar surface area (TPSA) is 134 Å². The summed E-state index contributed by atoms with van der Waals surface area (Å²) in [6.07, 6.45) is 12.3. The first-order valence-corrected chi connectivity index (χ1v) is 15.3. The van der Waals surface area contributed by atoms with Crippen molar-refractivity contribution >= 4 is 5.97 Å². The lowest BCUT2D eigenvalue weighted by Crippen LogP contribution is -2.59. The normalized spacial score (nSPS) is 43.1. The summed E-state index contributed by atoms with van der Waals surface area (Å²) in [5, 5.41) is 52.9. The smallest absolute Gasteiger partial charge is 0.306 e. The summed E-state index contributed by atoms with van der Waals surface area (Å²) in [7, 11) is 0. The molecule has 8 nitrogen and oxygen atoms in total. The van der Waals surface area contributed by atoms with Crippen molar-refractivity contribution in [2.45, 2.75) is 132 Å². The van der Waals surface area contributed by atoms with Crippen LogP contribution in [0.25, 0.3) is 0 Å². The van der Waals surface area contributed by atoms with Gasteiger partial charge in [0, 0.05) is 48.5 Å². The molecule has 4 aliphatic rings. The molecule has 0 unspecified atom stereocenters. The van der Waals surface area contributed by atoms with Gasteiger partial charge < -0.3 is 36.4 Å². The van der Waals surface area contributed by atoms with Crippen LogP contribution in [0.5, 0.6) is 0 Å². The Labute approximate surface area is 234 Å². The fourth-order valence-corrected chi connectivity index (χ4v) is 7.25. The second-order valence-corrected chi connectivity index (χ2v) is 13.2. The van der Waals surface area contributed by atoms with Crippen LogP contribution in [0.2, 0.25) is 0 Å². The van der Waals surface area contributed by atoms with E-state index in [9.17, 15) is 25.2 Å². The first-order valence-electron chi connectivity index (χ1n) is 15.3. The number of hydrogen-bond donors (Lipinski definition) is 7. The lowest BCUT2D eigenvalue weighted by atomic mass is 9.71. The molecule has 2 fully saturated rings. The van der Waals surface area contributed by atoms with Crippen molar-refractivity contribution in [3.63, 3.8) is 0 Å². The number of piperidine rings is 2. The third-order valence-corrected chi connectivity index (χ3v) is 9.84. The van der Waals surface area contributed by atoms with Crippen molar-refractivity contribution in [1.29, 1.82) is 0 Å². The minimum Gasteiger partial charge on any atom is -0.481 e. The van der Waals surface area contributed by atoms with Crippen molar-refractivity contribution in [3.05, 3.63) is 12.2 Å². The number of unbranched alkanes of at least 4 members (excludes halogenated alkanes) is 1. The van der Waals surface area contributed by atoms with Crippen LogP contribution in [0, 0.1) is 29.6 Å². The third-order valence-electron chi connectivity index (χ3n) is 9.84. The predicted molar refractivity (Wildman–Crippen MR) is 152 cm³/mol. The van der Waals surface area contributed by atoms with Crippen LogP contribution in [0.4, 0.5) is 0 Å². The number of fused-ring (bicyclic) bond motifs is 4. The molecule has 0 amide bonds. The van der Waals surface area contributed by atoms with Crippen LogP contribution in [0.15, 0.2) is 12.2 Å². The molecular weight excluding hydrogens is 494 g/mol. The van der Waals surface area contributed by atoms with E-state index in [1.807, 2.05) is 6.08 Å². The number of nitrogens with one attached hydrogen (secondary N) is 3. The van der Waals surface area contributed by atoms with Gasteiger partial charge in [-0.15, -0.1) is 5.92 Å². The van der Waals surface area contributed by atoms with E-state index < -0.39 is 17.7 Å². The number of aliphatic hydroxyl groups is 3. The molecule has 10 atom stereocenters. The van der Waals surface area contributed by atoms with Gasteiger partial charge in [-0.25, -0.2) is 0 Å². The highest BCUT2D eigenvalue weighted by atomic mass is 16.4. The van der Waals surface area contributed by atoms with Gasteiger partial charge in [0.1, 0.15) is 0 Å². The van der Waals surface area contributed by atoms with Gasteiger partial charge in [-0.05, 0) is 77.7 Å². The first kappa shape index (κ1) is 30.5. The summed E-state index contributed by atoms with van der Waals surface area (Å²) in [5.74, 6) is 5.78. The number of aliphatic carboxylic acids is 1. The maximum Gasteiger partial charge on any atom is 0.306 e. The average Bonchev–Trinajstić information content (AvgIpc) is 2.88. The van der Waals surface area contributed by atoms with Gasteiger partial charge in [0.15, 0.2) is 0 Å². The van der Waals surface area contributed by atoms with E-state index in [1.54, 1.807) is 6.08 Å². The minimum absolute atomic E-state index is 0.0712. The van der Waals surface area contributed by atoms with E-state index in [-0.39, 0.29) is 54.4 Å². The molecule has 0 saturated carbocycles. The van der Waals surface area contributed by atoms with E-state index in [2.05, 4.69) is 41.6 Å². The summed E-state index contributed by atoms with van der Waals surface area (Å²) in [5.41, 5.74) is -1.63. The summed E-state index contributed by atoms with van der Waals surface area (Å²) in [6, 6.07) is 0.851. The standard InChI is InChI=1S/C31H51N3O5/c1-21-27(35)13-11-25(34-21)8-4-3-6-22-7-5-9-26-18-30(2,14-15-32-26)33-20-31(39,19-29(37)38)24-10-12-28(36)23(16-22)17-24/h10,12,21-28,32-36,39H,3-4,6,8-9,11,13-20H2,1-2H3,(H,37,38)/t21-,22+,23-,24-,25+,26+,27+,28-,30+,31+/m0/s1. The molecule has 4 rings (SSSR count). The fraction of sp³-hybridized carbons (Fsp3) is 0.839. The Morgan fingerprint density at radius 3 is 2.69 bits per heavy atom. The van der Waals surface area contributed by atoms with Gasteiger partial charge in [-0.3, -0.25) is 4.79 Å². The van der Waals surface area contributed by atoms with Gasteiger partial charge >= 0.3 is 5.97 Å². The fourth-order valence-electron chi connectivity index (χ4n) is 7.25. The van der Waals surface area contributed by atoms with Gasteiger partial charge in [-0.1, -0.05) is 30.9 Å². The lowest BCUT2D eigenvalue weighted by molar-refractivity contribution is -0.145. The van der Waals surface area contributed by atoms with Crippen molar-refractivity contribution in [3.8, 4) is 11.8 Å². The summed E-state index contributed by atoms with van der Waals surface area (Å²) >= 11 is 0. The molecule has 4 bridgehead atoms. The number of hydrogen-bond acceptors (Lipinski definition) is 7. The summed E-state index contributed by atoms with van der Waals surface area (Å²) < 4.78 is 0. The Hall–Kier alpha value is -1.47. The zero-order chi connectivity index (χ0) is 28.0. The molecule has 8 heteroatoms. The number of carboxylic acid groups (broad SMARTS) is 1. The van der Waals surface area contributed by atoms with Gasteiger partial charge in [0.25, 0.3) is 0 Å². The van der Waals surface area contributed by atoms with Crippen LogP contribution in [-0.2, 0) is 4.79 Å². The van der Waals surface area contributed by atoms with Crippen LogP contribution in [-0.4, -0.2) is 81.0 Å². The average molecular weight is 546 g/mol. The second-order valence-electron chi connectivity index (χ2n) is 13.2. The minimum atomic E-state index is -1.42. The highest BCUT2D eigenvalue weighted by molar-refractivity contribution is 5.68. The first-order chi connectivity index (χ1) is 18.6. The number of carboxylic acids is 1. The summed E-state index contributed by atoms with van der Waals surface area (Å²) in [4.78, 5) is 11.8. The monoisotopic (exact) mass is 545 g/mol. The van der Waals surface area contributed by atoms with Crippen molar-refractivity contribution in [2.24, 2.45) is 17.8 Å². The molecule has 0 aromatic heterocycles. The second kappa shape index (κ2) is 13.5. The number of carbonyl (C=O) groups is 1. The van der Waals surface area contributed by atoms with Gasteiger partial charge in [0.2, 0.25) is 0 Å². The van der Waals surface area contributed by atoms with Crippen LogP contribution in [0.3, 0.4) is 0 Å². The van der Waals surface area contributed by atoms with Crippen molar-refractivity contribution in [2.75, 3.05) is 13.1 Å². The predicted octanol–water partition coefficient (Wildman–Crippen LogP) is 2.32. The quantitative estimate of drug-likeness (QED) is 0.147. The van der Waals surface area contributed by atoms with E-state index >= 15 is 0 Å². The van der Waals surface area contributed by atoms with E-state index in [4.69, 9.17) is 0 Å². The van der Waals surface area contributed by atoms with E-state index in [0.29, 0.717) is 12.5 Å².